The molecule has 0 bridgehead atoms. The van der Waals surface area contributed by atoms with Crippen LogP contribution in [-0.4, -0.2) is 18.9 Å². The first-order chi connectivity index (χ1) is 10.3. The van der Waals surface area contributed by atoms with Crippen molar-refractivity contribution in [3.05, 3.63) is 59.7 Å². The number of anilines is 1. The predicted molar refractivity (Wildman–Crippen MR) is 83.9 cm³/mol. The van der Waals surface area contributed by atoms with Gasteiger partial charge >= 0.3 is 0 Å². The number of hydrogen-bond acceptors (Lipinski definition) is 3. The average molecular weight is 281 g/mol. The van der Waals surface area contributed by atoms with Crippen molar-refractivity contribution >= 4 is 11.5 Å². The van der Waals surface area contributed by atoms with Gasteiger partial charge in [0, 0.05) is 18.5 Å². The van der Waals surface area contributed by atoms with Crippen molar-refractivity contribution in [2.45, 2.75) is 19.3 Å². The molecule has 0 aromatic heterocycles. The summed E-state index contributed by atoms with van der Waals surface area (Å²) in [6, 6.07) is 16.1. The summed E-state index contributed by atoms with van der Waals surface area (Å²) in [5.74, 6) is 1.23. The van der Waals surface area contributed by atoms with Gasteiger partial charge in [0.25, 0.3) is 0 Å². The number of benzene rings is 2. The average Bonchev–Trinajstić information content (AvgIpc) is 2.99. The maximum absolute atomic E-state index is 11.9. The normalized spacial score (nSPS) is 12.6. The number of carbonyl (C=O) groups excluding carboxylic acids is 1. The molecule has 21 heavy (non-hydrogen) atoms. The summed E-state index contributed by atoms with van der Waals surface area (Å²) in [4.78, 5) is 11.9. The second-order valence-corrected chi connectivity index (χ2v) is 5.30. The van der Waals surface area contributed by atoms with Crippen LogP contribution in [0.2, 0.25) is 0 Å². The summed E-state index contributed by atoms with van der Waals surface area (Å²) in [6.07, 6.45) is 2.34. The molecular weight excluding hydrogens is 262 g/mol. The fraction of sp³-hybridized carbons (Fsp3) is 0.278. The molecule has 1 aliphatic heterocycles. The summed E-state index contributed by atoms with van der Waals surface area (Å²) >= 11 is 0. The third kappa shape index (κ3) is 3.63. The van der Waals surface area contributed by atoms with Crippen LogP contribution in [0.1, 0.15) is 17.5 Å². The van der Waals surface area contributed by atoms with Crippen LogP contribution in [0.4, 0.5) is 5.69 Å². The van der Waals surface area contributed by atoms with Crippen LogP contribution in [-0.2, 0) is 17.6 Å². The second kappa shape index (κ2) is 6.44. The Kier molecular flexibility index (Phi) is 4.20. The van der Waals surface area contributed by atoms with Crippen molar-refractivity contribution in [1.82, 2.24) is 0 Å². The zero-order valence-electron chi connectivity index (χ0n) is 12.0. The third-order valence-corrected chi connectivity index (χ3v) is 3.71. The highest BCUT2D eigenvalue weighted by Crippen LogP contribution is 2.26. The summed E-state index contributed by atoms with van der Waals surface area (Å²) in [5.41, 5.74) is 3.47. The van der Waals surface area contributed by atoms with Gasteiger partial charge in [-0.05, 0) is 35.7 Å². The van der Waals surface area contributed by atoms with E-state index < -0.39 is 0 Å². The SMILES string of the molecule is O=C(CCc1ccc2c(c1)CCO2)CNc1ccccc1. The van der Waals surface area contributed by atoms with Crippen LogP contribution in [0.25, 0.3) is 0 Å². The van der Waals surface area contributed by atoms with Crippen molar-refractivity contribution in [1.29, 1.82) is 0 Å². The zero-order valence-corrected chi connectivity index (χ0v) is 12.0. The maximum Gasteiger partial charge on any atom is 0.152 e. The van der Waals surface area contributed by atoms with E-state index in [-0.39, 0.29) is 5.78 Å². The van der Waals surface area contributed by atoms with Crippen LogP contribution in [0.15, 0.2) is 48.5 Å². The second-order valence-electron chi connectivity index (χ2n) is 5.30. The van der Waals surface area contributed by atoms with Crippen LogP contribution < -0.4 is 10.1 Å². The lowest BCUT2D eigenvalue weighted by molar-refractivity contribution is -0.117. The highest BCUT2D eigenvalue weighted by molar-refractivity contribution is 5.83. The third-order valence-electron chi connectivity index (χ3n) is 3.71. The van der Waals surface area contributed by atoms with Crippen LogP contribution in [0.3, 0.4) is 0 Å². The Bertz CT molecular complexity index is 622. The van der Waals surface area contributed by atoms with Crippen LogP contribution in [0.5, 0.6) is 5.75 Å². The van der Waals surface area contributed by atoms with E-state index in [9.17, 15) is 4.79 Å². The molecule has 3 rings (SSSR count). The molecule has 1 aliphatic rings. The van der Waals surface area contributed by atoms with Gasteiger partial charge < -0.3 is 10.1 Å². The number of rotatable bonds is 6. The van der Waals surface area contributed by atoms with Gasteiger partial charge in [0.1, 0.15) is 5.75 Å². The summed E-state index contributed by atoms with van der Waals surface area (Å²) in [5, 5.41) is 3.15. The van der Waals surface area contributed by atoms with Crippen molar-refractivity contribution < 1.29 is 9.53 Å². The Hall–Kier alpha value is -2.29. The summed E-state index contributed by atoms with van der Waals surface area (Å²) in [7, 11) is 0. The van der Waals surface area contributed by atoms with Gasteiger partial charge in [0.05, 0.1) is 13.2 Å². The summed E-state index contributed by atoms with van der Waals surface area (Å²) in [6.45, 7) is 1.16. The quantitative estimate of drug-likeness (QED) is 0.883. The molecule has 2 aromatic rings. The molecule has 0 spiro atoms. The Balaban J connectivity index is 1.47. The van der Waals surface area contributed by atoms with Crippen molar-refractivity contribution in [3.63, 3.8) is 0 Å². The first kappa shape index (κ1) is 13.7. The van der Waals surface area contributed by atoms with E-state index in [4.69, 9.17) is 4.74 Å². The van der Waals surface area contributed by atoms with E-state index in [0.29, 0.717) is 13.0 Å². The first-order valence-electron chi connectivity index (χ1n) is 7.36. The van der Waals surface area contributed by atoms with E-state index in [1.54, 1.807) is 0 Å². The Morgan fingerprint density at radius 2 is 2.00 bits per heavy atom. The fourth-order valence-corrected chi connectivity index (χ4v) is 2.52. The highest BCUT2D eigenvalue weighted by atomic mass is 16.5. The number of fused-ring (bicyclic) bond motifs is 1. The molecule has 0 saturated heterocycles. The van der Waals surface area contributed by atoms with Gasteiger partial charge in [0.2, 0.25) is 0 Å². The van der Waals surface area contributed by atoms with Crippen molar-refractivity contribution in [2.24, 2.45) is 0 Å². The molecule has 0 unspecified atom stereocenters. The van der Waals surface area contributed by atoms with Crippen molar-refractivity contribution in [3.8, 4) is 5.75 Å². The predicted octanol–water partition coefficient (Wildman–Crippen LogP) is 3.24. The number of para-hydroxylation sites is 1. The van der Waals surface area contributed by atoms with E-state index in [1.165, 1.54) is 11.1 Å². The van der Waals surface area contributed by atoms with E-state index in [1.807, 2.05) is 36.4 Å². The molecule has 2 aromatic carbocycles. The number of hydrogen-bond donors (Lipinski definition) is 1. The molecule has 0 atom stereocenters. The number of ketones is 1. The van der Waals surface area contributed by atoms with Gasteiger partial charge in [0.15, 0.2) is 5.78 Å². The monoisotopic (exact) mass is 281 g/mol. The topological polar surface area (TPSA) is 38.3 Å². The highest BCUT2D eigenvalue weighted by Gasteiger charge is 2.12. The number of Topliss-reactive ketones (excluding diaryl/α,β-unsaturated/α-hetero) is 1. The standard InChI is InChI=1S/C18H19NO2/c20-17(13-19-16-4-2-1-3-5-16)8-6-14-7-9-18-15(12-14)10-11-21-18/h1-5,7,9,12,19H,6,8,10-11,13H2. The van der Waals surface area contributed by atoms with Gasteiger partial charge in [-0.15, -0.1) is 0 Å². The molecule has 0 fully saturated rings. The van der Waals surface area contributed by atoms with Gasteiger partial charge in [-0.3, -0.25) is 4.79 Å². The molecule has 1 heterocycles. The number of nitrogens with one attached hydrogen (secondary N) is 1. The van der Waals surface area contributed by atoms with E-state index in [2.05, 4.69) is 17.4 Å². The zero-order chi connectivity index (χ0) is 14.5. The molecule has 0 amide bonds. The van der Waals surface area contributed by atoms with E-state index >= 15 is 0 Å². The lowest BCUT2D eigenvalue weighted by Crippen LogP contribution is -2.14. The number of ether oxygens (including phenoxy) is 1. The molecule has 0 aliphatic carbocycles. The number of carbonyl (C=O) groups is 1. The minimum Gasteiger partial charge on any atom is -0.493 e. The van der Waals surface area contributed by atoms with Gasteiger partial charge in [-0.1, -0.05) is 30.3 Å². The fourth-order valence-electron chi connectivity index (χ4n) is 2.52. The van der Waals surface area contributed by atoms with Crippen molar-refractivity contribution in [2.75, 3.05) is 18.5 Å². The van der Waals surface area contributed by atoms with Crippen LogP contribution >= 0.6 is 0 Å². The molecule has 3 nitrogen and oxygen atoms in total. The molecule has 0 saturated carbocycles. The van der Waals surface area contributed by atoms with Gasteiger partial charge in [-0.25, -0.2) is 0 Å². The van der Waals surface area contributed by atoms with Gasteiger partial charge in [-0.2, -0.15) is 0 Å². The maximum atomic E-state index is 11.9. The molecular formula is C18H19NO2. The van der Waals surface area contributed by atoms with E-state index in [0.717, 1.165) is 30.9 Å². The Morgan fingerprint density at radius 3 is 2.86 bits per heavy atom. The molecule has 108 valence electrons. The Labute approximate surface area is 124 Å². The number of aryl methyl sites for hydroxylation is 1. The minimum absolute atomic E-state index is 0.232. The molecule has 1 N–H and O–H groups in total. The van der Waals surface area contributed by atoms with Crippen LogP contribution in [0, 0.1) is 0 Å². The first-order valence-corrected chi connectivity index (χ1v) is 7.36. The largest absolute Gasteiger partial charge is 0.493 e. The smallest absolute Gasteiger partial charge is 0.152 e. The summed E-state index contributed by atoms with van der Waals surface area (Å²) < 4.78 is 5.49. The molecule has 0 radical (unpaired) electrons. The molecule has 3 heteroatoms. The Morgan fingerprint density at radius 1 is 1.14 bits per heavy atom. The lowest BCUT2D eigenvalue weighted by atomic mass is 10.0. The lowest BCUT2D eigenvalue weighted by Gasteiger charge is -2.06. The minimum atomic E-state index is 0.232.